The summed E-state index contributed by atoms with van der Waals surface area (Å²) in [6.45, 7) is 11.4. The first kappa shape index (κ1) is 14.8. The van der Waals surface area contributed by atoms with Gasteiger partial charge in [-0.05, 0) is 37.8 Å². The molecule has 0 fully saturated rings. The number of rotatable bonds is 4. The second-order valence-electron chi connectivity index (χ2n) is 5.93. The number of benzene rings is 1. The highest BCUT2D eigenvalue weighted by atomic mass is 15.3. The van der Waals surface area contributed by atoms with Crippen molar-refractivity contribution >= 4 is 0 Å². The van der Waals surface area contributed by atoms with Crippen molar-refractivity contribution in [2.75, 3.05) is 0 Å². The summed E-state index contributed by atoms with van der Waals surface area (Å²) < 4.78 is 2.05. The molecule has 0 aliphatic rings. The lowest BCUT2D eigenvalue weighted by molar-refractivity contribution is 0.656. The minimum atomic E-state index is 0.0343. The van der Waals surface area contributed by atoms with Crippen LogP contribution in [0.3, 0.4) is 0 Å². The van der Waals surface area contributed by atoms with Crippen LogP contribution >= 0.6 is 0 Å². The van der Waals surface area contributed by atoms with E-state index in [9.17, 15) is 0 Å². The summed E-state index contributed by atoms with van der Waals surface area (Å²) >= 11 is 0. The monoisotopic (exact) mass is 271 g/mol. The van der Waals surface area contributed by atoms with Gasteiger partial charge in [0.15, 0.2) is 0 Å². The highest BCUT2D eigenvalue weighted by Crippen LogP contribution is 2.21. The Hall–Kier alpha value is -1.61. The Balaban J connectivity index is 2.24. The summed E-state index contributed by atoms with van der Waals surface area (Å²) in [5.74, 6) is 0.572. The molecular formula is C17H25N3. The van der Waals surface area contributed by atoms with Crippen LogP contribution in [0.15, 0.2) is 24.3 Å². The fourth-order valence-corrected chi connectivity index (χ4v) is 2.70. The molecule has 3 heteroatoms. The Bertz CT molecular complexity index is 577. The molecule has 3 nitrogen and oxygen atoms in total. The molecule has 0 spiro atoms. The highest BCUT2D eigenvalue weighted by Gasteiger charge is 2.14. The molecule has 0 radical (unpaired) electrons. The van der Waals surface area contributed by atoms with Crippen LogP contribution in [0.2, 0.25) is 0 Å². The van der Waals surface area contributed by atoms with Crippen LogP contribution in [-0.2, 0) is 6.54 Å². The summed E-state index contributed by atoms with van der Waals surface area (Å²) in [4.78, 5) is 0. The standard InChI is InChI=1S/C17H25N3/c1-11(2)16-8-6-15(7-9-16)10-20-14(5)17(12(3)18)13(4)19-20/h6-9,11-12H,10,18H2,1-5H3. The van der Waals surface area contributed by atoms with Crippen molar-refractivity contribution in [3.63, 3.8) is 0 Å². The van der Waals surface area contributed by atoms with Gasteiger partial charge in [0.1, 0.15) is 0 Å². The molecule has 0 amide bonds. The van der Waals surface area contributed by atoms with Crippen molar-refractivity contribution in [2.45, 2.75) is 53.1 Å². The van der Waals surface area contributed by atoms with Gasteiger partial charge >= 0.3 is 0 Å². The first-order valence-electron chi connectivity index (χ1n) is 7.28. The van der Waals surface area contributed by atoms with Gasteiger partial charge in [0.05, 0.1) is 12.2 Å². The Morgan fingerprint density at radius 1 is 1.10 bits per heavy atom. The van der Waals surface area contributed by atoms with Gasteiger partial charge in [0.25, 0.3) is 0 Å². The lowest BCUT2D eigenvalue weighted by Crippen LogP contribution is -2.09. The number of nitrogens with two attached hydrogens (primary N) is 1. The summed E-state index contributed by atoms with van der Waals surface area (Å²) in [6, 6.07) is 8.83. The summed E-state index contributed by atoms with van der Waals surface area (Å²) in [6.07, 6.45) is 0. The highest BCUT2D eigenvalue weighted by molar-refractivity contribution is 5.29. The third-order valence-corrected chi connectivity index (χ3v) is 3.87. The third kappa shape index (κ3) is 2.93. The number of hydrogen-bond donors (Lipinski definition) is 1. The lowest BCUT2D eigenvalue weighted by atomic mass is 10.0. The quantitative estimate of drug-likeness (QED) is 0.921. The minimum absolute atomic E-state index is 0.0343. The van der Waals surface area contributed by atoms with E-state index in [2.05, 4.69) is 54.8 Å². The topological polar surface area (TPSA) is 43.8 Å². The maximum absolute atomic E-state index is 6.02. The molecule has 1 aromatic carbocycles. The van der Waals surface area contributed by atoms with Crippen LogP contribution in [0.5, 0.6) is 0 Å². The molecule has 108 valence electrons. The van der Waals surface area contributed by atoms with E-state index < -0.39 is 0 Å². The second-order valence-corrected chi connectivity index (χ2v) is 5.93. The maximum atomic E-state index is 6.02. The van der Waals surface area contributed by atoms with Crippen molar-refractivity contribution in [3.8, 4) is 0 Å². The average Bonchev–Trinajstić information content (AvgIpc) is 2.65. The third-order valence-electron chi connectivity index (χ3n) is 3.87. The van der Waals surface area contributed by atoms with Crippen LogP contribution in [0.1, 0.15) is 60.8 Å². The van der Waals surface area contributed by atoms with E-state index >= 15 is 0 Å². The van der Waals surface area contributed by atoms with E-state index in [4.69, 9.17) is 5.73 Å². The molecule has 20 heavy (non-hydrogen) atoms. The van der Waals surface area contributed by atoms with E-state index in [1.54, 1.807) is 0 Å². The predicted molar refractivity (Wildman–Crippen MR) is 83.9 cm³/mol. The van der Waals surface area contributed by atoms with Crippen LogP contribution in [0.25, 0.3) is 0 Å². The Morgan fingerprint density at radius 2 is 1.70 bits per heavy atom. The number of aromatic nitrogens is 2. The zero-order chi connectivity index (χ0) is 14.9. The van der Waals surface area contributed by atoms with Crippen LogP contribution in [-0.4, -0.2) is 9.78 Å². The lowest BCUT2D eigenvalue weighted by Gasteiger charge is -2.09. The molecular weight excluding hydrogens is 246 g/mol. The molecule has 0 aliphatic heterocycles. The van der Waals surface area contributed by atoms with Crippen LogP contribution in [0.4, 0.5) is 0 Å². The number of aryl methyl sites for hydroxylation is 1. The molecule has 2 aromatic rings. The van der Waals surface area contributed by atoms with Gasteiger partial charge < -0.3 is 5.73 Å². The van der Waals surface area contributed by atoms with Crippen molar-refractivity contribution in [1.82, 2.24) is 9.78 Å². The number of hydrogen-bond acceptors (Lipinski definition) is 2. The first-order valence-corrected chi connectivity index (χ1v) is 7.28. The van der Waals surface area contributed by atoms with Gasteiger partial charge in [-0.2, -0.15) is 5.10 Å². The van der Waals surface area contributed by atoms with Crippen molar-refractivity contribution in [1.29, 1.82) is 0 Å². The van der Waals surface area contributed by atoms with E-state index in [0.29, 0.717) is 5.92 Å². The molecule has 1 atom stereocenters. The van der Waals surface area contributed by atoms with Gasteiger partial charge in [0.2, 0.25) is 0 Å². The van der Waals surface area contributed by atoms with Crippen LogP contribution < -0.4 is 5.73 Å². The normalized spacial score (nSPS) is 12.9. The molecule has 2 rings (SSSR count). The zero-order valence-electron chi connectivity index (χ0n) is 13.1. The van der Waals surface area contributed by atoms with Gasteiger partial charge in [-0.1, -0.05) is 38.1 Å². The van der Waals surface area contributed by atoms with Gasteiger partial charge in [-0.15, -0.1) is 0 Å². The molecule has 1 heterocycles. The fraction of sp³-hybridized carbons (Fsp3) is 0.471. The van der Waals surface area contributed by atoms with Gasteiger partial charge in [-0.25, -0.2) is 0 Å². The zero-order valence-corrected chi connectivity index (χ0v) is 13.1. The molecule has 0 saturated carbocycles. The van der Waals surface area contributed by atoms with E-state index in [1.807, 2.05) is 13.8 Å². The smallest absolute Gasteiger partial charge is 0.0662 e. The van der Waals surface area contributed by atoms with E-state index in [-0.39, 0.29) is 6.04 Å². The number of nitrogens with zero attached hydrogens (tertiary/aromatic N) is 2. The predicted octanol–water partition coefficient (Wildman–Crippen LogP) is 3.69. The van der Waals surface area contributed by atoms with Crippen molar-refractivity contribution in [3.05, 3.63) is 52.3 Å². The first-order chi connectivity index (χ1) is 9.40. The van der Waals surface area contributed by atoms with E-state index in [0.717, 1.165) is 12.2 Å². The summed E-state index contributed by atoms with van der Waals surface area (Å²) in [5, 5.41) is 4.62. The fourth-order valence-electron chi connectivity index (χ4n) is 2.70. The van der Waals surface area contributed by atoms with Crippen LogP contribution in [0, 0.1) is 13.8 Å². The molecule has 1 aromatic heterocycles. The molecule has 2 N–H and O–H groups in total. The second kappa shape index (κ2) is 5.80. The molecule has 0 aliphatic carbocycles. The Morgan fingerprint density at radius 3 is 2.15 bits per heavy atom. The van der Waals surface area contributed by atoms with Gasteiger partial charge in [0, 0.05) is 17.3 Å². The largest absolute Gasteiger partial charge is 0.324 e. The summed E-state index contributed by atoms with van der Waals surface area (Å²) in [7, 11) is 0. The molecule has 1 unspecified atom stereocenters. The summed E-state index contributed by atoms with van der Waals surface area (Å²) in [5.41, 5.74) is 12.0. The SMILES string of the molecule is Cc1nn(Cc2ccc(C(C)C)cc2)c(C)c1C(C)N. The Labute approximate surface area is 121 Å². The average molecular weight is 271 g/mol. The minimum Gasteiger partial charge on any atom is -0.324 e. The molecule has 0 bridgehead atoms. The van der Waals surface area contributed by atoms with Crippen molar-refractivity contribution < 1.29 is 0 Å². The van der Waals surface area contributed by atoms with Gasteiger partial charge in [-0.3, -0.25) is 4.68 Å². The van der Waals surface area contributed by atoms with Crippen molar-refractivity contribution in [2.24, 2.45) is 5.73 Å². The molecule has 0 saturated heterocycles. The Kier molecular flexibility index (Phi) is 4.29. The van der Waals surface area contributed by atoms with E-state index in [1.165, 1.54) is 22.4 Å². The maximum Gasteiger partial charge on any atom is 0.0662 e.